The number of amides is 2. The number of H-pyrrole nitrogens is 1. The van der Waals surface area contributed by atoms with Crippen molar-refractivity contribution in [2.75, 3.05) is 30.9 Å². The number of carbonyl (C=O) groups excluding carboxylic acids is 2. The minimum absolute atomic E-state index is 0.0214. The summed E-state index contributed by atoms with van der Waals surface area (Å²) >= 11 is 2.80. The number of carbonyl (C=O) groups is 3. The van der Waals surface area contributed by atoms with Crippen molar-refractivity contribution in [3.63, 3.8) is 0 Å². The van der Waals surface area contributed by atoms with E-state index in [2.05, 4.69) is 39.7 Å². The van der Waals surface area contributed by atoms with Gasteiger partial charge in [0, 0.05) is 19.1 Å². The van der Waals surface area contributed by atoms with Gasteiger partial charge < -0.3 is 15.7 Å². The van der Waals surface area contributed by atoms with Crippen molar-refractivity contribution >= 4 is 41.3 Å². The molecule has 1 aromatic heterocycles. The summed E-state index contributed by atoms with van der Waals surface area (Å²) in [4.78, 5) is 43.1. The molecule has 10 nitrogen and oxygen atoms in total. The molecule has 3 atom stereocenters. The van der Waals surface area contributed by atoms with Crippen LogP contribution in [-0.4, -0.2) is 85.9 Å². The molecule has 0 radical (unpaired) electrons. The number of aromatic amines is 1. The van der Waals surface area contributed by atoms with E-state index in [1.54, 1.807) is 0 Å². The zero-order chi connectivity index (χ0) is 26.3. The Kier molecular flexibility index (Phi) is 13.4. The predicted molar refractivity (Wildman–Crippen MR) is 143 cm³/mol. The number of rotatable bonds is 17. The molecule has 4 N–H and O–H groups in total. The average Bonchev–Trinajstić information content (AvgIpc) is 3.38. The van der Waals surface area contributed by atoms with Crippen LogP contribution in [0.2, 0.25) is 0 Å². The first-order valence-electron chi connectivity index (χ1n) is 11.9. The molecule has 0 saturated carbocycles. The van der Waals surface area contributed by atoms with Crippen LogP contribution in [0.5, 0.6) is 0 Å². The van der Waals surface area contributed by atoms with Gasteiger partial charge in [0.2, 0.25) is 11.8 Å². The van der Waals surface area contributed by atoms with Crippen LogP contribution in [-0.2, 0) is 20.9 Å². The van der Waals surface area contributed by atoms with Gasteiger partial charge in [-0.25, -0.2) is 9.78 Å². The van der Waals surface area contributed by atoms with Gasteiger partial charge in [0.05, 0.1) is 12.3 Å². The molecule has 0 saturated heterocycles. The third-order valence-corrected chi connectivity index (χ3v) is 7.25. The van der Waals surface area contributed by atoms with E-state index in [0.29, 0.717) is 30.4 Å². The Bertz CT molecular complexity index is 932. The summed E-state index contributed by atoms with van der Waals surface area (Å²) in [7, 11) is 0. The van der Waals surface area contributed by atoms with Crippen molar-refractivity contribution in [1.29, 1.82) is 0 Å². The summed E-state index contributed by atoms with van der Waals surface area (Å²) in [6.45, 7) is 5.08. The molecule has 36 heavy (non-hydrogen) atoms. The fourth-order valence-corrected chi connectivity index (χ4v) is 4.60. The van der Waals surface area contributed by atoms with Crippen molar-refractivity contribution in [2.45, 2.75) is 50.5 Å². The van der Waals surface area contributed by atoms with E-state index in [1.807, 2.05) is 41.5 Å². The lowest BCUT2D eigenvalue weighted by Gasteiger charge is -2.31. The maximum absolute atomic E-state index is 12.9. The molecule has 0 bridgehead atoms. The Morgan fingerprint density at radius 3 is 2.53 bits per heavy atom. The van der Waals surface area contributed by atoms with Crippen molar-refractivity contribution in [2.24, 2.45) is 5.92 Å². The van der Waals surface area contributed by atoms with Crippen molar-refractivity contribution in [3.8, 4) is 0 Å². The molecule has 0 fully saturated rings. The number of aromatic nitrogens is 3. The van der Waals surface area contributed by atoms with E-state index < -0.39 is 12.0 Å². The number of hydrogen-bond donors (Lipinski definition) is 4. The van der Waals surface area contributed by atoms with Crippen LogP contribution < -0.4 is 10.6 Å². The SMILES string of the molecule is CCC(C)[C@@H](CN(CC(=O)N[C@@H](CCSC)C(=O)O)Cc1ccccc1)NC(=O)CSc1ncn[nH]1. The number of benzene rings is 1. The van der Waals surface area contributed by atoms with Crippen LogP contribution in [0.1, 0.15) is 32.3 Å². The summed E-state index contributed by atoms with van der Waals surface area (Å²) in [6.07, 6.45) is 4.50. The Balaban J connectivity index is 2.09. The molecule has 1 heterocycles. The lowest BCUT2D eigenvalue weighted by atomic mass is 9.98. The Morgan fingerprint density at radius 1 is 1.17 bits per heavy atom. The molecule has 0 aliphatic heterocycles. The summed E-state index contributed by atoms with van der Waals surface area (Å²) in [6, 6.07) is 8.64. The van der Waals surface area contributed by atoms with Gasteiger partial charge in [0.1, 0.15) is 12.4 Å². The standard InChI is InChI=1S/C24H36N6O4S2/c1-4-17(2)20(28-22(32)15-36-24-25-16-26-29-24)13-30(12-18-8-6-5-7-9-18)14-21(31)27-19(23(33)34)10-11-35-3/h5-9,16-17,19-20H,4,10-15H2,1-3H3,(H,27,31)(H,28,32)(H,33,34)(H,25,26,29)/t17?,19-,20+/m0/s1. The first-order valence-corrected chi connectivity index (χ1v) is 14.2. The van der Waals surface area contributed by atoms with Crippen LogP contribution in [0.15, 0.2) is 41.8 Å². The monoisotopic (exact) mass is 536 g/mol. The molecule has 2 amide bonds. The van der Waals surface area contributed by atoms with Gasteiger partial charge in [-0.15, -0.1) is 0 Å². The molecule has 12 heteroatoms. The van der Waals surface area contributed by atoms with Crippen molar-refractivity contribution in [3.05, 3.63) is 42.2 Å². The number of thioether (sulfide) groups is 2. The number of aliphatic carboxylic acids is 1. The number of carboxylic acid groups (broad SMARTS) is 1. The fraction of sp³-hybridized carbons (Fsp3) is 0.542. The Hall–Kier alpha value is -2.57. The van der Waals surface area contributed by atoms with Gasteiger partial charge in [0.15, 0.2) is 5.16 Å². The fourth-order valence-electron chi connectivity index (χ4n) is 3.54. The number of hydrogen-bond acceptors (Lipinski definition) is 8. The van der Waals surface area contributed by atoms with Gasteiger partial charge in [-0.3, -0.25) is 19.6 Å². The highest BCUT2D eigenvalue weighted by atomic mass is 32.2. The Morgan fingerprint density at radius 2 is 1.92 bits per heavy atom. The second-order valence-corrected chi connectivity index (χ2v) is 10.5. The molecular formula is C24H36N6O4S2. The predicted octanol–water partition coefficient (Wildman–Crippen LogP) is 2.25. The Labute approximate surface area is 220 Å². The van der Waals surface area contributed by atoms with Crippen molar-refractivity contribution in [1.82, 2.24) is 30.7 Å². The highest BCUT2D eigenvalue weighted by Gasteiger charge is 2.25. The zero-order valence-corrected chi connectivity index (χ0v) is 22.6. The maximum Gasteiger partial charge on any atom is 0.326 e. The van der Waals surface area contributed by atoms with Crippen LogP contribution in [0.4, 0.5) is 0 Å². The lowest BCUT2D eigenvalue weighted by molar-refractivity contribution is -0.142. The highest BCUT2D eigenvalue weighted by Crippen LogP contribution is 2.14. The van der Waals surface area contributed by atoms with E-state index in [-0.39, 0.29) is 36.1 Å². The van der Waals surface area contributed by atoms with E-state index in [4.69, 9.17) is 0 Å². The first kappa shape index (κ1) is 29.7. The van der Waals surface area contributed by atoms with Crippen molar-refractivity contribution < 1.29 is 19.5 Å². The third-order valence-electron chi connectivity index (χ3n) is 5.73. The highest BCUT2D eigenvalue weighted by molar-refractivity contribution is 7.99. The van der Waals surface area contributed by atoms with Gasteiger partial charge in [-0.2, -0.15) is 16.9 Å². The molecule has 0 spiro atoms. The lowest BCUT2D eigenvalue weighted by Crippen LogP contribution is -2.51. The number of nitrogens with zero attached hydrogens (tertiary/aromatic N) is 3. The zero-order valence-electron chi connectivity index (χ0n) is 21.0. The van der Waals surface area contributed by atoms with E-state index in [0.717, 1.165) is 12.0 Å². The summed E-state index contributed by atoms with van der Waals surface area (Å²) in [5.41, 5.74) is 1.03. The van der Waals surface area contributed by atoms with Gasteiger partial charge in [-0.1, -0.05) is 62.4 Å². The normalized spacial score (nSPS) is 13.7. The first-order chi connectivity index (χ1) is 17.3. The number of nitrogens with one attached hydrogen (secondary N) is 3. The topological polar surface area (TPSA) is 140 Å². The van der Waals surface area contributed by atoms with E-state index in [9.17, 15) is 19.5 Å². The second-order valence-electron chi connectivity index (χ2n) is 8.53. The molecular weight excluding hydrogens is 500 g/mol. The van der Waals surface area contributed by atoms with Gasteiger partial charge in [0.25, 0.3) is 0 Å². The van der Waals surface area contributed by atoms with Crippen LogP contribution in [0, 0.1) is 5.92 Å². The smallest absolute Gasteiger partial charge is 0.326 e. The minimum atomic E-state index is -1.04. The van der Waals surface area contributed by atoms with Gasteiger partial charge >= 0.3 is 5.97 Å². The summed E-state index contributed by atoms with van der Waals surface area (Å²) < 4.78 is 0. The molecule has 2 rings (SSSR count). The van der Waals surface area contributed by atoms with E-state index in [1.165, 1.54) is 29.9 Å². The number of carboxylic acids is 1. The largest absolute Gasteiger partial charge is 0.480 e. The third kappa shape index (κ3) is 11.0. The summed E-state index contributed by atoms with van der Waals surface area (Å²) in [5, 5.41) is 22.3. The van der Waals surface area contributed by atoms with Crippen LogP contribution in [0.25, 0.3) is 0 Å². The van der Waals surface area contributed by atoms with Crippen LogP contribution in [0.3, 0.4) is 0 Å². The van der Waals surface area contributed by atoms with Gasteiger partial charge in [-0.05, 0) is 29.9 Å². The average molecular weight is 537 g/mol. The molecule has 198 valence electrons. The van der Waals surface area contributed by atoms with Crippen LogP contribution >= 0.6 is 23.5 Å². The molecule has 0 aliphatic rings. The molecule has 2 aromatic rings. The maximum atomic E-state index is 12.9. The molecule has 1 aromatic carbocycles. The molecule has 1 unspecified atom stereocenters. The minimum Gasteiger partial charge on any atom is -0.480 e. The second kappa shape index (κ2) is 16.2. The molecule has 0 aliphatic carbocycles. The quantitative estimate of drug-likeness (QED) is 0.224. The van der Waals surface area contributed by atoms with E-state index >= 15 is 0 Å². The summed E-state index contributed by atoms with van der Waals surface area (Å²) in [5.74, 6) is -0.529.